The van der Waals surface area contributed by atoms with Crippen molar-refractivity contribution in [2.24, 2.45) is 5.73 Å². The monoisotopic (exact) mass is 484 g/mol. The number of carbonyl (C=O) groups excluding carboxylic acids is 1. The van der Waals surface area contributed by atoms with E-state index < -0.39 is 0 Å². The quantitative estimate of drug-likeness (QED) is 0.320. The molecular weight excluding hydrogens is 444 g/mol. The van der Waals surface area contributed by atoms with E-state index >= 15 is 0 Å². The highest BCUT2D eigenvalue weighted by Crippen LogP contribution is 2.16. The van der Waals surface area contributed by atoms with Crippen LogP contribution in [0.3, 0.4) is 0 Å². The van der Waals surface area contributed by atoms with Crippen LogP contribution in [0.5, 0.6) is 0 Å². The minimum absolute atomic E-state index is 0.240. The summed E-state index contributed by atoms with van der Waals surface area (Å²) in [5.41, 5.74) is 10.7. The molecule has 0 aliphatic carbocycles. The number of nitrogens with zero attached hydrogens (tertiary/aromatic N) is 1. The lowest BCUT2D eigenvalue weighted by Gasteiger charge is -2.19. The smallest absolute Gasteiger partial charge is 0.204 e. The average Bonchev–Trinajstić information content (AvgIpc) is 2.92. The molecule has 36 heavy (non-hydrogen) atoms. The minimum atomic E-state index is 0.240. The average molecular weight is 485 g/mol. The second-order valence-corrected chi connectivity index (χ2v) is 8.11. The summed E-state index contributed by atoms with van der Waals surface area (Å²) >= 11 is 0. The highest BCUT2D eigenvalue weighted by Gasteiger charge is 2.01. The van der Waals surface area contributed by atoms with Crippen molar-refractivity contribution in [3.8, 4) is 0 Å². The van der Waals surface area contributed by atoms with Crippen LogP contribution in [-0.4, -0.2) is 25.2 Å². The summed E-state index contributed by atoms with van der Waals surface area (Å²) in [6.07, 6.45) is 2.11. The van der Waals surface area contributed by atoms with Crippen LogP contribution in [0.1, 0.15) is 29.2 Å². The topological polar surface area (TPSA) is 66.6 Å². The molecule has 0 atom stereocenters. The van der Waals surface area contributed by atoms with E-state index in [1.54, 1.807) is 0 Å². The molecule has 4 heteroatoms. The van der Waals surface area contributed by atoms with Gasteiger partial charge in [0.2, 0.25) is 6.41 Å². The van der Waals surface area contributed by atoms with Gasteiger partial charge in [-0.05, 0) is 48.6 Å². The van der Waals surface area contributed by atoms with Gasteiger partial charge in [0.15, 0.2) is 0 Å². The Balaban J connectivity index is 0.000000285. The van der Waals surface area contributed by atoms with Gasteiger partial charge in [-0.15, -0.1) is 0 Å². The molecule has 0 saturated heterocycles. The largest absolute Gasteiger partial charge is 0.396 e. The zero-order chi connectivity index (χ0) is 26.4. The van der Waals surface area contributed by atoms with E-state index in [0.717, 1.165) is 19.4 Å². The standard InChI is InChI=1S/C16H19N.C8H10O.C7H8.CH3NO/c1-3-14-9-11-16(12-10-14)17(2)13-15-7-5-4-6-8-15;9-7-6-8-4-2-1-3-5-8;1-7-5-3-2-4-6-7;2-1-3/h4-12H,3,13H2,1-2H3;1-5,9H,6-7H2;2-6H,1H3;1H,(H2,2,3). The van der Waals surface area contributed by atoms with Gasteiger partial charge >= 0.3 is 0 Å². The maximum Gasteiger partial charge on any atom is 0.204 e. The van der Waals surface area contributed by atoms with E-state index in [-0.39, 0.29) is 13.0 Å². The van der Waals surface area contributed by atoms with Crippen LogP contribution in [0, 0.1) is 6.92 Å². The predicted octanol–water partition coefficient (Wildman–Crippen LogP) is 6.20. The Bertz CT molecular complexity index is 1040. The fourth-order valence-electron chi connectivity index (χ4n) is 3.24. The number of aryl methyl sites for hydroxylation is 2. The van der Waals surface area contributed by atoms with E-state index in [2.05, 4.69) is 98.3 Å². The number of hydrogen-bond donors (Lipinski definition) is 2. The number of anilines is 1. The first-order valence-electron chi connectivity index (χ1n) is 12.2. The lowest BCUT2D eigenvalue weighted by Crippen LogP contribution is -2.16. The van der Waals surface area contributed by atoms with Gasteiger partial charge in [0.05, 0.1) is 0 Å². The molecule has 190 valence electrons. The van der Waals surface area contributed by atoms with Gasteiger partial charge in [-0.2, -0.15) is 0 Å². The summed E-state index contributed by atoms with van der Waals surface area (Å²) in [5.74, 6) is 0. The van der Waals surface area contributed by atoms with Crippen LogP contribution < -0.4 is 10.6 Å². The summed E-state index contributed by atoms with van der Waals surface area (Å²) in [5, 5.41) is 8.52. The zero-order valence-corrected chi connectivity index (χ0v) is 21.8. The molecule has 0 fully saturated rings. The van der Waals surface area contributed by atoms with Crippen molar-refractivity contribution >= 4 is 12.1 Å². The van der Waals surface area contributed by atoms with Crippen LogP contribution in [0.4, 0.5) is 5.69 Å². The molecule has 0 bridgehead atoms. The van der Waals surface area contributed by atoms with Gasteiger partial charge in [0.25, 0.3) is 0 Å². The molecule has 0 radical (unpaired) electrons. The summed E-state index contributed by atoms with van der Waals surface area (Å²) < 4.78 is 0. The number of aliphatic hydroxyl groups is 1. The van der Waals surface area contributed by atoms with Crippen LogP contribution in [0.25, 0.3) is 0 Å². The molecule has 1 amide bonds. The zero-order valence-electron chi connectivity index (χ0n) is 21.8. The number of amides is 1. The van der Waals surface area contributed by atoms with Crippen LogP contribution >= 0.6 is 0 Å². The molecular formula is C32H40N2O2. The molecule has 4 aromatic rings. The number of primary amides is 1. The molecule has 0 aromatic heterocycles. The third kappa shape index (κ3) is 13.7. The molecule has 0 spiro atoms. The maximum absolute atomic E-state index is 8.58. The van der Waals surface area contributed by atoms with Crippen LogP contribution in [0.2, 0.25) is 0 Å². The number of carbonyl (C=O) groups is 1. The van der Waals surface area contributed by atoms with Crippen molar-refractivity contribution in [1.82, 2.24) is 0 Å². The number of hydrogen-bond acceptors (Lipinski definition) is 3. The molecule has 4 aromatic carbocycles. The van der Waals surface area contributed by atoms with Crippen molar-refractivity contribution in [3.05, 3.63) is 138 Å². The van der Waals surface area contributed by atoms with Gasteiger partial charge in [0, 0.05) is 25.9 Å². The summed E-state index contributed by atoms with van der Waals surface area (Å²) in [6.45, 7) is 5.46. The van der Waals surface area contributed by atoms with E-state index in [1.807, 2.05) is 48.5 Å². The van der Waals surface area contributed by atoms with Gasteiger partial charge in [-0.3, -0.25) is 4.79 Å². The fourth-order valence-corrected chi connectivity index (χ4v) is 3.24. The van der Waals surface area contributed by atoms with E-state index in [0.29, 0.717) is 0 Å². The molecule has 3 N–H and O–H groups in total. The van der Waals surface area contributed by atoms with Crippen LogP contribution in [0.15, 0.2) is 115 Å². The van der Waals surface area contributed by atoms with Crippen molar-refractivity contribution in [3.63, 3.8) is 0 Å². The highest BCUT2D eigenvalue weighted by molar-refractivity contribution is 5.47. The fraction of sp³-hybridized carbons (Fsp3) is 0.219. The Morgan fingerprint density at radius 3 is 1.56 bits per heavy atom. The maximum atomic E-state index is 8.58. The van der Waals surface area contributed by atoms with Gasteiger partial charge in [-0.25, -0.2) is 0 Å². The molecule has 4 rings (SSSR count). The number of nitrogens with two attached hydrogens (primary N) is 1. The Labute approximate surface area is 217 Å². The lowest BCUT2D eigenvalue weighted by molar-refractivity contribution is -0.106. The van der Waals surface area contributed by atoms with Crippen LogP contribution in [-0.2, 0) is 24.2 Å². The predicted molar refractivity (Wildman–Crippen MR) is 153 cm³/mol. The SMILES string of the molecule is CCc1ccc(N(C)Cc2ccccc2)cc1.Cc1ccccc1.NC=O.OCCc1ccccc1. The number of aliphatic hydroxyl groups excluding tert-OH is 1. The molecule has 0 aliphatic heterocycles. The summed E-state index contributed by atoms with van der Waals surface area (Å²) in [6, 6.07) is 39.6. The Kier molecular flexibility index (Phi) is 16.3. The Morgan fingerprint density at radius 2 is 1.17 bits per heavy atom. The summed E-state index contributed by atoms with van der Waals surface area (Å²) in [4.78, 5) is 10.9. The van der Waals surface area contributed by atoms with Gasteiger partial charge in [0.1, 0.15) is 0 Å². The Hall–Kier alpha value is -3.89. The molecule has 4 nitrogen and oxygen atoms in total. The molecule has 0 aliphatic rings. The highest BCUT2D eigenvalue weighted by atomic mass is 16.2. The Morgan fingerprint density at radius 1 is 0.722 bits per heavy atom. The van der Waals surface area contributed by atoms with Crippen molar-refractivity contribution in [2.45, 2.75) is 33.2 Å². The lowest BCUT2D eigenvalue weighted by atomic mass is 10.1. The second kappa shape index (κ2) is 19.4. The number of benzene rings is 4. The van der Waals surface area contributed by atoms with E-state index in [4.69, 9.17) is 9.90 Å². The van der Waals surface area contributed by atoms with E-state index in [9.17, 15) is 0 Å². The molecule has 0 unspecified atom stereocenters. The summed E-state index contributed by atoms with van der Waals surface area (Å²) in [7, 11) is 2.13. The van der Waals surface area contributed by atoms with Crippen molar-refractivity contribution in [1.29, 1.82) is 0 Å². The molecule has 0 saturated carbocycles. The van der Waals surface area contributed by atoms with Crippen molar-refractivity contribution < 1.29 is 9.90 Å². The molecule has 0 heterocycles. The number of rotatable bonds is 6. The normalized spacial score (nSPS) is 9.22. The minimum Gasteiger partial charge on any atom is -0.396 e. The van der Waals surface area contributed by atoms with Gasteiger partial charge < -0.3 is 15.7 Å². The first-order chi connectivity index (χ1) is 17.5. The third-order valence-corrected chi connectivity index (χ3v) is 5.23. The second-order valence-electron chi connectivity index (χ2n) is 8.11. The third-order valence-electron chi connectivity index (χ3n) is 5.23. The first kappa shape index (κ1) is 30.1. The van der Waals surface area contributed by atoms with Crippen molar-refractivity contribution in [2.75, 3.05) is 18.6 Å². The van der Waals surface area contributed by atoms with E-state index in [1.165, 1.54) is 27.9 Å². The van der Waals surface area contributed by atoms with Gasteiger partial charge in [-0.1, -0.05) is 116 Å². The first-order valence-corrected chi connectivity index (χ1v) is 12.2.